The summed E-state index contributed by atoms with van der Waals surface area (Å²) < 4.78 is 5.36. The number of hydrogen-bond donors (Lipinski definition) is 1. The Bertz CT molecular complexity index is 940. The lowest BCUT2D eigenvalue weighted by molar-refractivity contribution is -0.117. The molecule has 1 aliphatic carbocycles. The second kappa shape index (κ2) is 9.37. The molecular weight excluding hydrogens is 394 g/mol. The van der Waals surface area contributed by atoms with E-state index in [0.717, 1.165) is 55.3 Å². The number of pyridine rings is 1. The Morgan fingerprint density at radius 2 is 2.03 bits per heavy atom. The van der Waals surface area contributed by atoms with Crippen LogP contribution in [0.25, 0.3) is 0 Å². The minimum absolute atomic E-state index is 0.102. The topological polar surface area (TPSA) is 83.0 Å². The van der Waals surface area contributed by atoms with Crippen LogP contribution in [0.5, 0.6) is 11.6 Å². The second-order valence-electron chi connectivity index (χ2n) is 8.33. The summed E-state index contributed by atoms with van der Waals surface area (Å²) in [7, 11) is 0. The minimum Gasteiger partial charge on any atom is -0.506 e. The lowest BCUT2D eigenvalue weighted by atomic mass is 10.1. The van der Waals surface area contributed by atoms with Crippen LogP contribution in [0.2, 0.25) is 0 Å². The van der Waals surface area contributed by atoms with Gasteiger partial charge in [0.25, 0.3) is 5.91 Å². The lowest BCUT2D eigenvalue weighted by Gasteiger charge is -2.16. The second-order valence-corrected chi connectivity index (χ2v) is 8.33. The molecular formula is C24H29N3O4. The first-order valence-corrected chi connectivity index (χ1v) is 11.1. The Hall–Kier alpha value is -3.09. The highest BCUT2D eigenvalue weighted by Crippen LogP contribution is 2.30. The molecule has 1 N–H and O–H groups in total. The maximum Gasteiger partial charge on any atom is 0.254 e. The van der Waals surface area contributed by atoms with Crippen molar-refractivity contribution in [2.24, 2.45) is 5.92 Å². The van der Waals surface area contributed by atoms with E-state index in [1.807, 2.05) is 23.1 Å². The van der Waals surface area contributed by atoms with E-state index in [4.69, 9.17) is 9.84 Å². The van der Waals surface area contributed by atoms with Gasteiger partial charge < -0.3 is 19.6 Å². The van der Waals surface area contributed by atoms with E-state index in [1.54, 1.807) is 17.0 Å². The summed E-state index contributed by atoms with van der Waals surface area (Å²) in [5, 5.41) is 8.93. The number of amides is 2. The molecule has 7 heteroatoms. The fourth-order valence-corrected chi connectivity index (χ4v) is 3.83. The zero-order valence-corrected chi connectivity index (χ0v) is 17.9. The number of carbonyl (C=O) groups is 2. The Kier molecular flexibility index (Phi) is 6.39. The number of rotatable bonds is 6. The summed E-state index contributed by atoms with van der Waals surface area (Å²) in [5.41, 5.74) is 2.72. The molecule has 1 saturated heterocycles. The molecule has 1 saturated carbocycles. The third kappa shape index (κ3) is 5.16. The van der Waals surface area contributed by atoms with E-state index in [-0.39, 0.29) is 17.6 Å². The number of ether oxygens (including phenoxy) is 1. The molecule has 2 aromatic rings. The summed E-state index contributed by atoms with van der Waals surface area (Å²) in [4.78, 5) is 31.6. The van der Waals surface area contributed by atoms with Gasteiger partial charge in [-0.3, -0.25) is 9.59 Å². The zero-order chi connectivity index (χ0) is 21.8. The van der Waals surface area contributed by atoms with Crippen LogP contribution >= 0.6 is 0 Å². The molecule has 31 heavy (non-hydrogen) atoms. The lowest BCUT2D eigenvalue weighted by Crippen LogP contribution is -2.25. The minimum atomic E-state index is 0.102. The summed E-state index contributed by atoms with van der Waals surface area (Å²) in [6, 6.07) is 9.10. The van der Waals surface area contributed by atoms with Crippen LogP contribution in [0.3, 0.4) is 0 Å². The Morgan fingerprint density at radius 3 is 2.68 bits per heavy atom. The molecule has 3 heterocycles. The van der Waals surface area contributed by atoms with Gasteiger partial charge in [-0.15, -0.1) is 0 Å². The monoisotopic (exact) mass is 423 g/mol. The molecule has 0 unspecified atom stereocenters. The third-order valence-electron chi connectivity index (χ3n) is 5.74. The molecule has 2 fully saturated rings. The van der Waals surface area contributed by atoms with Gasteiger partial charge in [0.2, 0.25) is 11.8 Å². The van der Waals surface area contributed by atoms with Crippen LogP contribution in [0.1, 0.15) is 54.9 Å². The predicted molar refractivity (Wildman–Crippen MR) is 117 cm³/mol. The maximum atomic E-state index is 12.3. The highest BCUT2D eigenvalue weighted by Gasteiger charge is 2.29. The third-order valence-corrected chi connectivity index (χ3v) is 5.74. The molecule has 164 valence electrons. The summed E-state index contributed by atoms with van der Waals surface area (Å²) in [6.45, 7) is 5.11. The first-order chi connectivity index (χ1) is 15.0. The first kappa shape index (κ1) is 21.2. The number of aromatic hydroxyl groups is 1. The molecule has 0 radical (unpaired) electrons. The number of fused-ring (bicyclic) bond motifs is 1. The van der Waals surface area contributed by atoms with E-state index in [1.165, 1.54) is 19.0 Å². The maximum absolute atomic E-state index is 12.3. The number of carbonyl (C=O) groups excluding carboxylic acids is 2. The van der Waals surface area contributed by atoms with Crippen LogP contribution in [0.15, 0.2) is 36.5 Å². The van der Waals surface area contributed by atoms with Crippen LogP contribution < -0.4 is 9.64 Å². The van der Waals surface area contributed by atoms with Gasteiger partial charge in [-0.2, -0.15) is 0 Å². The zero-order valence-electron chi connectivity index (χ0n) is 17.9. The van der Waals surface area contributed by atoms with E-state index in [9.17, 15) is 9.59 Å². The fraction of sp³-hybridized carbons (Fsp3) is 0.458. The fourth-order valence-electron chi connectivity index (χ4n) is 3.83. The largest absolute Gasteiger partial charge is 0.506 e. The molecule has 3 aliphatic rings. The number of aromatic nitrogens is 1. The molecule has 2 amide bonds. The van der Waals surface area contributed by atoms with Crippen molar-refractivity contribution in [1.29, 1.82) is 0 Å². The first-order valence-electron chi connectivity index (χ1n) is 11.1. The van der Waals surface area contributed by atoms with Crippen molar-refractivity contribution in [2.75, 3.05) is 24.6 Å². The molecule has 0 spiro atoms. The molecule has 5 rings (SSSR count). The SMILES string of the molecule is CCCN1Cc2ccc(N3CCCC3=O)cc2C1=O.Oc1ccc(OCC2CC2)nc1. The highest BCUT2D eigenvalue weighted by molar-refractivity contribution is 6.01. The average molecular weight is 424 g/mol. The predicted octanol–water partition coefficient (Wildman–Crippen LogP) is 3.76. The molecule has 0 bridgehead atoms. The van der Waals surface area contributed by atoms with Gasteiger partial charge in [0.15, 0.2) is 0 Å². The number of benzene rings is 1. The van der Waals surface area contributed by atoms with Gasteiger partial charge in [-0.1, -0.05) is 13.0 Å². The average Bonchev–Trinajstić information content (AvgIpc) is 3.43. The number of hydrogen-bond acceptors (Lipinski definition) is 5. The number of nitrogens with zero attached hydrogens (tertiary/aromatic N) is 3. The summed E-state index contributed by atoms with van der Waals surface area (Å²) in [5.74, 6) is 1.77. The molecule has 7 nitrogen and oxygen atoms in total. The van der Waals surface area contributed by atoms with Gasteiger partial charge in [0.05, 0.1) is 12.8 Å². The van der Waals surface area contributed by atoms with Gasteiger partial charge in [-0.25, -0.2) is 4.98 Å². The van der Waals surface area contributed by atoms with Gasteiger partial charge in [-0.05, 0) is 55.4 Å². The van der Waals surface area contributed by atoms with E-state index in [0.29, 0.717) is 18.8 Å². The normalized spacial score (nSPS) is 17.5. The van der Waals surface area contributed by atoms with Crippen molar-refractivity contribution in [3.63, 3.8) is 0 Å². The molecule has 2 aliphatic heterocycles. The van der Waals surface area contributed by atoms with E-state index in [2.05, 4.69) is 11.9 Å². The Morgan fingerprint density at radius 1 is 1.19 bits per heavy atom. The van der Waals surface area contributed by atoms with E-state index >= 15 is 0 Å². The van der Waals surface area contributed by atoms with Crippen molar-refractivity contribution in [3.8, 4) is 11.6 Å². The van der Waals surface area contributed by atoms with Crippen molar-refractivity contribution in [1.82, 2.24) is 9.88 Å². The summed E-state index contributed by atoms with van der Waals surface area (Å²) >= 11 is 0. The smallest absolute Gasteiger partial charge is 0.254 e. The highest BCUT2D eigenvalue weighted by atomic mass is 16.5. The van der Waals surface area contributed by atoms with Crippen LogP contribution in [-0.2, 0) is 11.3 Å². The van der Waals surface area contributed by atoms with E-state index < -0.39 is 0 Å². The Balaban J connectivity index is 0.000000166. The van der Waals surface area contributed by atoms with Gasteiger partial charge in [0, 0.05) is 43.4 Å². The Labute approximate surface area is 182 Å². The number of anilines is 1. The van der Waals surface area contributed by atoms with Crippen LogP contribution in [0.4, 0.5) is 5.69 Å². The van der Waals surface area contributed by atoms with Crippen molar-refractivity contribution < 1.29 is 19.4 Å². The summed E-state index contributed by atoms with van der Waals surface area (Å²) in [6.07, 6.45) is 6.44. The van der Waals surface area contributed by atoms with Gasteiger partial charge in [0.1, 0.15) is 5.75 Å². The van der Waals surface area contributed by atoms with Crippen molar-refractivity contribution >= 4 is 17.5 Å². The molecule has 1 aromatic heterocycles. The molecule has 0 atom stereocenters. The molecule has 1 aromatic carbocycles. The quantitative estimate of drug-likeness (QED) is 0.765. The van der Waals surface area contributed by atoms with Crippen LogP contribution in [0, 0.1) is 5.92 Å². The standard InChI is InChI=1S/C15H18N2O2.C9H11NO2/c1-2-7-16-10-11-5-6-12(9-13(11)15(16)19)17-8-3-4-14(17)18;11-8-3-4-9(10-5-8)12-6-7-1-2-7/h5-6,9H,2-4,7-8,10H2,1H3;3-5,7,11H,1-2,6H2. The van der Waals surface area contributed by atoms with Crippen molar-refractivity contribution in [3.05, 3.63) is 47.7 Å². The van der Waals surface area contributed by atoms with Crippen molar-refractivity contribution in [2.45, 2.75) is 45.6 Å². The van der Waals surface area contributed by atoms with Crippen LogP contribution in [-0.4, -0.2) is 46.5 Å². The van der Waals surface area contributed by atoms with Gasteiger partial charge >= 0.3 is 0 Å².